The Kier molecular flexibility index (Phi) is 3.39. The van der Waals surface area contributed by atoms with Crippen molar-refractivity contribution in [3.05, 3.63) is 35.1 Å². The van der Waals surface area contributed by atoms with Gasteiger partial charge in [-0.25, -0.2) is 4.39 Å². The van der Waals surface area contributed by atoms with E-state index in [2.05, 4.69) is 0 Å². The van der Waals surface area contributed by atoms with E-state index in [4.69, 9.17) is 5.73 Å². The lowest BCUT2D eigenvalue weighted by atomic mass is 10.0. The molecule has 0 aliphatic carbocycles. The summed E-state index contributed by atoms with van der Waals surface area (Å²) in [7, 11) is 0. The standard InChI is InChI=1S/C10H14FNO/c1-2-7-3-8(10(13)6-12)5-9(11)4-7/h3-5,10,13H,2,6,12H2,1H3. The SMILES string of the molecule is CCc1cc(F)cc(C(O)CN)c1. The topological polar surface area (TPSA) is 46.2 Å². The Balaban J connectivity index is 3.01. The molecule has 3 N–H and O–H groups in total. The van der Waals surface area contributed by atoms with Gasteiger partial charge in [-0.1, -0.05) is 13.0 Å². The van der Waals surface area contributed by atoms with Gasteiger partial charge in [0.2, 0.25) is 0 Å². The van der Waals surface area contributed by atoms with Crippen LogP contribution in [0.3, 0.4) is 0 Å². The molecule has 0 radical (unpaired) electrons. The molecule has 0 aliphatic heterocycles. The van der Waals surface area contributed by atoms with Gasteiger partial charge in [-0.05, 0) is 29.7 Å². The fourth-order valence-electron chi connectivity index (χ4n) is 1.21. The maximum atomic E-state index is 13.0. The van der Waals surface area contributed by atoms with Crippen LogP contribution in [0.4, 0.5) is 4.39 Å². The van der Waals surface area contributed by atoms with Gasteiger partial charge in [-0.15, -0.1) is 0 Å². The second kappa shape index (κ2) is 4.35. The zero-order chi connectivity index (χ0) is 9.84. The number of rotatable bonds is 3. The molecule has 1 aromatic carbocycles. The molecule has 72 valence electrons. The van der Waals surface area contributed by atoms with E-state index in [9.17, 15) is 9.50 Å². The highest BCUT2D eigenvalue weighted by molar-refractivity contribution is 5.26. The lowest BCUT2D eigenvalue weighted by Gasteiger charge is -2.09. The minimum absolute atomic E-state index is 0.118. The second-order valence-corrected chi connectivity index (χ2v) is 3.00. The molecule has 1 atom stereocenters. The van der Waals surface area contributed by atoms with Crippen molar-refractivity contribution in [2.75, 3.05) is 6.54 Å². The van der Waals surface area contributed by atoms with Crippen molar-refractivity contribution in [1.82, 2.24) is 0 Å². The van der Waals surface area contributed by atoms with Crippen molar-refractivity contribution in [2.24, 2.45) is 5.73 Å². The van der Waals surface area contributed by atoms with E-state index in [1.54, 1.807) is 6.07 Å². The Hall–Kier alpha value is -0.930. The van der Waals surface area contributed by atoms with Crippen LogP contribution in [0.5, 0.6) is 0 Å². The van der Waals surface area contributed by atoms with Crippen LogP contribution in [0.15, 0.2) is 18.2 Å². The summed E-state index contributed by atoms with van der Waals surface area (Å²) < 4.78 is 13.0. The Morgan fingerprint density at radius 3 is 2.69 bits per heavy atom. The lowest BCUT2D eigenvalue weighted by molar-refractivity contribution is 0.186. The molecule has 3 heteroatoms. The molecule has 1 rings (SSSR count). The number of hydrogen-bond acceptors (Lipinski definition) is 2. The van der Waals surface area contributed by atoms with Gasteiger partial charge in [-0.3, -0.25) is 0 Å². The number of aliphatic hydroxyl groups is 1. The molecular weight excluding hydrogens is 169 g/mol. The highest BCUT2D eigenvalue weighted by Gasteiger charge is 2.07. The van der Waals surface area contributed by atoms with Crippen molar-refractivity contribution in [3.8, 4) is 0 Å². The molecule has 13 heavy (non-hydrogen) atoms. The minimum atomic E-state index is -0.763. The molecule has 0 spiro atoms. The molecule has 1 aromatic rings. The van der Waals surface area contributed by atoms with Crippen LogP contribution >= 0.6 is 0 Å². The highest BCUT2D eigenvalue weighted by atomic mass is 19.1. The predicted octanol–water partition coefficient (Wildman–Crippen LogP) is 1.38. The quantitative estimate of drug-likeness (QED) is 0.743. The van der Waals surface area contributed by atoms with Crippen molar-refractivity contribution in [3.63, 3.8) is 0 Å². The Morgan fingerprint density at radius 2 is 2.15 bits per heavy atom. The normalized spacial score (nSPS) is 12.9. The molecular formula is C10H14FNO. The maximum absolute atomic E-state index is 13.0. The van der Waals surface area contributed by atoms with E-state index >= 15 is 0 Å². The largest absolute Gasteiger partial charge is 0.387 e. The van der Waals surface area contributed by atoms with Gasteiger partial charge in [0.25, 0.3) is 0 Å². The van der Waals surface area contributed by atoms with E-state index < -0.39 is 6.10 Å². The van der Waals surface area contributed by atoms with E-state index in [0.29, 0.717) is 5.56 Å². The van der Waals surface area contributed by atoms with Crippen LogP contribution in [-0.2, 0) is 6.42 Å². The van der Waals surface area contributed by atoms with E-state index in [0.717, 1.165) is 12.0 Å². The van der Waals surface area contributed by atoms with Gasteiger partial charge in [0.1, 0.15) is 5.82 Å². The van der Waals surface area contributed by atoms with Crippen molar-refractivity contribution < 1.29 is 9.50 Å². The van der Waals surface area contributed by atoms with E-state index in [-0.39, 0.29) is 12.4 Å². The van der Waals surface area contributed by atoms with Crippen LogP contribution in [0.25, 0.3) is 0 Å². The third kappa shape index (κ3) is 2.50. The number of hydrogen-bond donors (Lipinski definition) is 2. The van der Waals surface area contributed by atoms with Gasteiger partial charge in [0.15, 0.2) is 0 Å². The van der Waals surface area contributed by atoms with Gasteiger partial charge in [0.05, 0.1) is 6.10 Å². The van der Waals surface area contributed by atoms with E-state index in [1.807, 2.05) is 6.92 Å². The number of benzene rings is 1. The third-order valence-corrected chi connectivity index (χ3v) is 2.00. The van der Waals surface area contributed by atoms with Gasteiger partial charge < -0.3 is 10.8 Å². The summed E-state index contributed by atoms with van der Waals surface area (Å²) in [5.41, 5.74) is 6.71. The first-order valence-corrected chi connectivity index (χ1v) is 4.35. The van der Waals surface area contributed by atoms with Gasteiger partial charge in [0, 0.05) is 6.54 Å². The molecule has 0 fully saturated rings. The number of aryl methyl sites for hydroxylation is 1. The third-order valence-electron chi connectivity index (χ3n) is 2.00. The number of nitrogens with two attached hydrogens (primary N) is 1. The summed E-state index contributed by atoms with van der Waals surface area (Å²) in [5.74, 6) is -0.318. The maximum Gasteiger partial charge on any atom is 0.123 e. The van der Waals surface area contributed by atoms with Gasteiger partial charge >= 0.3 is 0 Å². The molecule has 0 bridgehead atoms. The molecule has 0 aliphatic rings. The molecule has 0 saturated carbocycles. The fourth-order valence-corrected chi connectivity index (χ4v) is 1.21. The van der Waals surface area contributed by atoms with Crippen LogP contribution in [0.2, 0.25) is 0 Å². The summed E-state index contributed by atoms with van der Waals surface area (Å²) in [6.45, 7) is 2.06. The van der Waals surface area contributed by atoms with Crippen LogP contribution in [0.1, 0.15) is 24.2 Å². The minimum Gasteiger partial charge on any atom is -0.387 e. The first-order chi connectivity index (χ1) is 6.17. The lowest BCUT2D eigenvalue weighted by Crippen LogP contribution is -2.12. The van der Waals surface area contributed by atoms with Crippen molar-refractivity contribution >= 4 is 0 Å². The molecule has 0 aromatic heterocycles. The summed E-state index contributed by atoms with van der Waals surface area (Å²) >= 11 is 0. The molecule has 0 heterocycles. The zero-order valence-corrected chi connectivity index (χ0v) is 7.63. The number of aliphatic hydroxyl groups excluding tert-OH is 1. The van der Waals surface area contributed by atoms with Gasteiger partial charge in [-0.2, -0.15) is 0 Å². The predicted molar refractivity (Wildman–Crippen MR) is 49.8 cm³/mol. The van der Waals surface area contributed by atoms with E-state index in [1.165, 1.54) is 12.1 Å². The number of halogens is 1. The Morgan fingerprint density at radius 1 is 1.46 bits per heavy atom. The fraction of sp³-hybridized carbons (Fsp3) is 0.400. The zero-order valence-electron chi connectivity index (χ0n) is 7.63. The first-order valence-electron chi connectivity index (χ1n) is 4.35. The smallest absolute Gasteiger partial charge is 0.123 e. The highest BCUT2D eigenvalue weighted by Crippen LogP contribution is 2.16. The summed E-state index contributed by atoms with van der Waals surface area (Å²) in [6.07, 6.45) is -0.0109. The molecule has 2 nitrogen and oxygen atoms in total. The average molecular weight is 183 g/mol. The van der Waals surface area contributed by atoms with Crippen LogP contribution < -0.4 is 5.73 Å². The summed E-state index contributed by atoms with van der Waals surface area (Å²) in [4.78, 5) is 0. The Labute approximate surface area is 77.2 Å². The molecule has 0 amide bonds. The molecule has 0 saturated heterocycles. The van der Waals surface area contributed by atoms with Crippen molar-refractivity contribution in [2.45, 2.75) is 19.4 Å². The summed E-state index contributed by atoms with van der Waals surface area (Å²) in [5, 5.41) is 9.38. The second-order valence-electron chi connectivity index (χ2n) is 3.00. The first kappa shape index (κ1) is 10.2. The van der Waals surface area contributed by atoms with Crippen LogP contribution in [0, 0.1) is 5.82 Å². The monoisotopic (exact) mass is 183 g/mol. The van der Waals surface area contributed by atoms with Crippen LogP contribution in [-0.4, -0.2) is 11.7 Å². The Bertz CT molecular complexity index is 288. The average Bonchev–Trinajstić information content (AvgIpc) is 2.15. The van der Waals surface area contributed by atoms with Crippen molar-refractivity contribution in [1.29, 1.82) is 0 Å². The summed E-state index contributed by atoms with van der Waals surface area (Å²) in [6, 6.07) is 4.56. The molecule has 1 unspecified atom stereocenters.